The largest absolute Gasteiger partial charge is 0.497 e. The number of imide groups is 1. The van der Waals surface area contributed by atoms with Gasteiger partial charge >= 0.3 is 0 Å². The highest BCUT2D eigenvalue weighted by Gasteiger charge is 2.39. The summed E-state index contributed by atoms with van der Waals surface area (Å²) in [6.07, 6.45) is 0.134. The zero-order valence-electron chi connectivity index (χ0n) is 14.2. The Hall–Kier alpha value is -3.06. The van der Waals surface area contributed by atoms with Gasteiger partial charge in [-0.1, -0.05) is 6.07 Å². The zero-order valence-corrected chi connectivity index (χ0v) is 14.2. The molecule has 0 bridgehead atoms. The molecule has 26 heavy (non-hydrogen) atoms. The van der Waals surface area contributed by atoms with Gasteiger partial charge in [0.25, 0.3) is 5.91 Å². The van der Waals surface area contributed by atoms with Gasteiger partial charge in [0.15, 0.2) is 11.5 Å². The molecule has 1 saturated heterocycles. The number of hydrogen-bond donors (Lipinski definition) is 1. The smallest absolute Gasteiger partial charge is 0.251 e. The number of ether oxygens (including phenoxy) is 3. The number of amides is 2. The van der Waals surface area contributed by atoms with E-state index in [0.29, 0.717) is 29.5 Å². The Labute approximate surface area is 150 Å². The van der Waals surface area contributed by atoms with Gasteiger partial charge in [0.05, 0.1) is 25.3 Å². The minimum absolute atomic E-state index is 0.134. The summed E-state index contributed by atoms with van der Waals surface area (Å²) < 4.78 is 15.7. The van der Waals surface area contributed by atoms with E-state index in [4.69, 9.17) is 14.2 Å². The van der Waals surface area contributed by atoms with Crippen LogP contribution in [0.25, 0.3) is 0 Å². The van der Waals surface area contributed by atoms with E-state index < -0.39 is 6.04 Å². The molecule has 0 spiro atoms. The lowest BCUT2D eigenvalue weighted by atomic mass is 10.1. The molecule has 7 nitrogen and oxygen atoms in total. The van der Waals surface area contributed by atoms with Gasteiger partial charge in [-0.3, -0.25) is 9.59 Å². The van der Waals surface area contributed by atoms with Crippen LogP contribution in [0.2, 0.25) is 0 Å². The molecule has 2 heterocycles. The molecule has 1 atom stereocenters. The second kappa shape index (κ2) is 6.68. The molecule has 2 aromatic carbocycles. The van der Waals surface area contributed by atoms with E-state index in [1.807, 2.05) is 18.2 Å². The van der Waals surface area contributed by atoms with Crippen molar-refractivity contribution in [2.75, 3.05) is 18.8 Å². The van der Waals surface area contributed by atoms with E-state index in [9.17, 15) is 9.59 Å². The number of rotatable bonds is 5. The standard InChI is InChI=1S/C19H18N2O5/c1-24-14-5-3-13(4-6-14)21-18(22)9-15(19(21)23)20-10-12-2-7-16-17(8-12)26-11-25-16/h2-8,15,20H,9-11H2,1H3/t15-/m0/s1. The number of benzene rings is 2. The van der Waals surface area contributed by atoms with Gasteiger partial charge in [-0.15, -0.1) is 0 Å². The van der Waals surface area contributed by atoms with E-state index in [1.165, 1.54) is 4.90 Å². The highest BCUT2D eigenvalue weighted by atomic mass is 16.7. The SMILES string of the molecule is COc1ccc(N2C(=O)C[C@H](NCc3ccc4c(c3)OCO4)C2=O)cc1. The van der Waals surface area contributed by atoms with Gasteiger partial charge in [0.1, 0.15) is 5.75 Å². The van der Waals surface area contributed by atoms with Crippen LogP contribution in [0.5, 0.6) is 17.2 Å². The number of hydrogen-bond acceptors (Lipinski definition) is 6. The van der Waals surface area contributed by atoms with Crippen molar-refractivity contribution in [2.24, 2.45) is 0 Å². The summed E-state index contributed by atoms with van der Waals surface area (Å²) in [6, 6.07) is 11.9. The maximum atomic E-state index is 12.6. The van der Waals surface area contributed by atoms with Crippen LogP contribution in [0, 0.1) is 0 Å². The van der Waals surface area contributed by atoms with Crippen LogP contribution in [0.15, 0.2) is 42.5 Å². The molecular formula is C19H18N2O5. The average molecular weight is 354 g/mol. The van der Waals surface area contributed by atoms with Crippen LogP contribution in [0.1, 0.15) is 12.0 Å². The number of anilines is 1. The van der Waals surface area contributed by atoms with E-state index >= 15 is 0 Å². The highest BCUT2D eigenvalue weighted by molar-refractivity contribution is 6.22. The summed E-state index contributed by atoms with van der Waals surface area (Å²) in [6.45, 7) is 0.676. The summed E-state index contributed by atoms with van der Waals surface area (Å²) in [4.78, 5) is 26.2. The Balaban J connectivity index is 1.43. The van der Waals surface area contributed by atoms with Crippen molar-refractivity contribution < 1.29 is 23.8 Å². The Kier molecular flexibility index (Phi) is 4.22. The van der Waals surface area contributed by atoms with Crippen molar-refractivity contribution in [3.05, 3.63) is 48.0 Å². The molecule has 7 heteroatoms. The summed E-state index contributed by atoms with van der Waals surface area (Å²) in [5.41, 5.74) is 1.51. The fraction of sp³-hybridized carbons (Fsp3) is 0.263. The molecular weight excluding hydrogens is 336 g/mol. The molecule has 0 aliphatic carbocycles. The van der Waals surface area contributed by atoms with Gasteiger partial charge in [-0.05, 0) is 42.0 Å². The lowest BCUT2D eigenvalue weighted by molar-refractivity contribution is -0.121. The lowest BCUT2D eigenvalue weighted by Gasteiger charge is -2.16. The first-order valence-electron chi connectivity index (χ1n) is 8.28. The third kappa shape index (κ3) is 2.97. The summed E-state index contributed by atoms with van der Waals surface area (Å²) in [5, 5.41) is 3.16. The van der Waals surface area contributed by atoms with Crippen LogP contribution >= 0.6 is 0 Å². The van der Waals surface area contributed by atoms with Crippen LogP contribution in [0.3, 0.4) is 0 Å². The van der Waals surface area contributed by atoms with Crippen LogP contribution in [-0.2, 0) is 16.1 Å². The topological polar surface area (TPSA) is 77.1 Å². The van der Waals surface area contributed by atoms with Gasteiger partial charge in [0, 0.05) is 6.54 Å². The fourth-order valence-corrected chi connectivity index (χ4v) is 3.09. The molecule has 0 unspecified atom stereocenters. The summed E-state index contributed by atoms with van der Waals surface area (Å²) in [5.74, 6) is 1.61. The van der Waals surface area contributed by atoms with E-state index in [0.717, 1.165) is 5.56 Å². The van der Waals surface area contributed by atoms with Crippen molar-refractivity contribution in [2.45, 2.75) is 19.0 Å². The van der Waals surface area contributed by atoms with Crippen LogP contribution in [-0.4, -0.2) is 31.8 Å². The molecule has 0 aromatic heterocycles. The molecule has 1 fully saturated rings. The van der Waals surface area contributed by atoms with Crippen LogP contribution in [0.4, 0.5) is 5.69 Å². The van der Waals surface area contributed by atoms with Crippen molar-refractivity contribution in [3.63, 3.8) is 0 Å². The van der Waals surface area contributed by atoms with E-state index in [-0.39, 0.29) is 25.0 Å². The molecule has 134 valence electrons. The maximum Gasteiger partial charge on any atom is 0.251 e. The van der Waals surface area contributed by atoms with E-state index in [1.54, 1.807) is 31.4 Å². The molecule has 2 aliphatic rings. The summed E-state index contributed by atoms with van der Waals surface area (Å²) in [7, 11) is 1.57. The molecule has 1 N–H and O–H groups in total. The number of carbonyl (C=O) groups excluding carboxylic acids is 2. The Morgan fingerprint density at radius 2 is 1.88 bits per heavy atom. The normalized spacial score (nSPS) is 18.5. The Morgan fingerprint density at radius 1 is 1.12 bits per heavy atom. The first-order valence-corrected chi connectivity index (χ1v) is 8.28. The molecule has 0 radical (unpaired) electrons. The minimum atomic E-state index is -0.546. The first kappa shape index (κ1) is 16.4. The second-order valence-electron chi connectivity index (χ2n) is 6.09. The van der Waals surface area contributed by atoms with Crippen molar-refractivity contribution in [1.29, 1.82) is 0 Å². The van der Waals surface area contributed by atoms with Crippen molar-refractivity contribution in [3.8, 4) is 17.2 Å². The monoisotopic (exact) mass is 354 g/mol. The molecule has 2 aliphatic heterocycles. The second-order valence-corrected chi connectivity index (χ2v) is 6.09. The van der Waals surface area contributed by atoms with Gasteiger partial charge in [0.2, 0.25) is 12.7 Å². The molecule has 2 amide bonds. The summed E-state index contributed by atoms with van der Waals surface area (Å²) >= 11 is 0. The van der Waals surface area contributed by atoms with Crippen molar-refractivity contribution >= 4 is 17.5 Å². The number of carbonyl (C=O) groups is 2. The lowest BCUT2D eigenvalue weighted by Crippen LogP contribution is -2.38. The molecule has 4 rings (SSSR count). The maximum absolute atomic E-state index is 12.6. The number of methoxy groups -OCH3 is 1. The van der Waals surface area contributed by atoms with E-state index in [2.05, 4.69) is 5.32 Å². The predicted molar refractivity (Wildman–Crippen MR) is 93.3 cm³/mol. The third-order valence-corrected chi connectivity index (χ3v) is 4.47. The zero-order chi connectivity index (χ0) is 18.1. The fourth-order valence-electron chi connectivity index (χ4n) is 3.09. The number of nitrogens with zero attached hydrogens (tertiary/aromatic N) is 1. The highest BCUT2D eigenvalue weighted by Crippen LogP contribution is 2.32. The molecule has 2 aromatic rings. The van der Waals surface area contributed by atoms with Crippen LogP contribution < -0.4 is 24.4 Å². The third-order valence-electron chi connectivity index (χ3n) is 4.47. The predicted octanol–water partition coefficient (Wildman–Crippen LogP) is 1.85. The number of fused-ring (bicyclic) bond motifs is 1. The van der Waals surface area contributed by atoms with Gasteiger partial charge in [-0.25, -0.2) is 4.90 Å². The van der Waals surface area contributed by atoms with Gasteiger partial charge in [-0.2, -0.15) is 0 Å². The number of nitrogens with one attached hydrogen (secondary N) is 1. The quantitative estimate of drug-likeness (QED) is 0.826. The first-order chi connectivity index (χ1) is 12.7. The van der Waals surface area contributed by atoms with Crippen molar-refractivity contribution in [1.82, 2.24) is 5.32 Å². The Morgan fingerprint density at radius 3 is 2.65 bits per heavy atom. The van der Waals surface area contributed by atoms with Gasteiger partial charge < -0.3 is 19.5 Å². The Bertz CT molecular complexity index is 850. The molecule has 0 saturated carbocycles. The minimum Gasteiger partial charge on any atom is -0.497 e. The average Bonchev–Trinajstić information content (AvgIpc) is 3.23.